The second-order valence-electron chi connectivity index (χ2n) is 13.8. The number of hydrogen-bond donors (Lipinski definition) is 1. The second-order valence-corrected chi connectivity index (χ2v) is 13.8. The Kier molecular flexibility index (Phi) is 3.47. The number of Topliss-reactive ketones (excluding diaryl/α,β-unsaturated/α-hetero) is 1. The Hall–Kier alpha value is -2.14. The van der Waals surface area contributed by atoms with Crippen LogP contribution in [0.3, 0.4) is 0 Å². The number of fused-ring (bicyclic) bond motifs is 4. The molecular weight excluding hydrogens is 496 g/mol. The van der Waals surface area contributed by atoms with E-state index in [9.17, 15) is 24.3 Å². The standard InChI is InChI=1S/C28H30O10/c1-22-10-17-24(3)28-18(22)19(30)27(38-28,34-11-14(22)20(31)35-17)13-9-16-26(36-16)7-4-5-15(29)23(26,2)12(13)6-8-25(28,33)21(32)37-24/h4-5,12-14,16-18,33H,6-11H2,1-3H3/t12?,13?,14-,16+,17+,18?,22+,23-,24?,25?,26+,27-,28?/m0/s1. The number of rotatable bonds is 0. The van der Waals surface area contributed by atoms with Crippen molar-refractivity contribution in [3.8, 4) is 0 Å². The van der Waals surface area contributed by atoms with Crippen LogP contribution in [-0.2, 0) is 42.9 Å². The number of esters is 2. The molecule has 3 aliphatic carbocycles. The van der Waals surface area contributed by atoms with Crippen LogP contribution in [0.1, 0.15) is 52.9 Å². The van der Waals surface area contributed by atoms with Gasteiger partial charge in [0.05, 0.1) is 30.0 Å². The smallest absolute Gasteiger partial charge is 0.342 e. The molecule has 0 aromatic rings. The zero-order valence-corrected chi connectivity index (χ0v) is 21.5. The van der Waals surface area contributed by atoms with E-state index in [1.54, 1.807) is 13.0 Å². The van der Waals surface area contributed by atoms with Crippen molar-refractivity contribution in [2.45, 2.75) is 93.3 Å². The van der Waals surface area contributed by atoms with Crippen molar-refractivity contribution in [2.75, 3.05) is 6.61 Å². The summed E-state index contributed by atoms with van der Waals surface area (Å²) in [6, 6.07) is 0. The summed E-state index contributed by atoms with van der Waals surface area (Å²) >= 11 is 0. The lowest BCUT2D eigenvalue weighted by molar-refractivity contribution is -0.375. The van der Waals surface area contributed by atoms with Crippen molar-refractivity contribution in [1.29, 1.82) is 0 Å². The van der Waals surface area contributed by atoms with E-state index in [2.05, 4.69) is 0 Å². The third-order valence-electron chi connectivity index (χ3n) is 12.9. The highest BCUT2D eigenvalue weighted by Gasteiger charge is 2.94. The fourth-order valence-electron chi connectivity index (χ4n) is 10.9. The van der Waals surface area contributed by atoms with E-state index in [4.69, 9.17) is 23.7 Å². The van der Waals surface area contributed by atoms with Crippen LogP contribution in [0.5, 0.6) is 0 Å². The van der Waals surface area contributed by atoms with E-state index >= 15 is 0 Å². The van der Waals surface area contributed by atoms with Gasteiger partial charge in [-0.05, 0) is 63.4 Å². The van der Waals surface area contributed by atoms with E-state index in [-0.39, 0.29) is 43.5 Å². The van der Waals surface area contributed by atoms with Gasteiger partial charge in [-0.1, -0.05) is 13.0 Å². The summed E-state index contributed by atoms with van der Waals surface area (Å²) in [5.74, 6) is -6.56. The molecule has 202 valence electrons. The number of carbonyl (C=O) groups excluding carboxylic acids is 4. The topological polar surface area (TPSA) is 138 Å². The van der Waals surface area contributed by atoms with Gasteiger partial charge in [0.2, 0.25) is 5.79 Å². The number of carbonyl (C=O) groups is 4. The molecule has 5 bridgehead atoms. The first-order valence-corrected chi connectivity index (χ1v) is 13.8. The highest BCUT2D eigenvalue weighted by molar-refractivity contribution is 6.00. The monoisotopic (exact) mass is 526 g/mol. The molecule has 9 aliphatic rings. The minimum atomic E-state index is -2.19. The summed E-state index contributed by atoms with van der Waals surface area (Å²) < 4.78 is 31.5. The summed E-state index contributed by atoms with van der Waals surface area (Å²) in [5, 5.41) is 12.4. The molecule has 10 nitrogen and oxygen atoms in total. The molecule has 13 atom stereocenters. The molecule has 6 aliphatic heterocycles. The molecular formula is C28H30O10. The number of ether oxygens (including phenoxy) is 5. The highest BCUT2D eigenvalue weighted by Crippen LogP contribution is 2.77. The summed E-state index contributed by atoms with van der Waals surface area (Å²) in [5.41, 5.74) is -8.23. The summed E-state index contributed by atoms with van der Waals surface area (Å²) in [4.78, 5) is 55.6. The van der Waals surface area contributed by atoms with E-state index in [0.29, 0.717) is 12.8 Å². The van der Waals surface area contributed by atoms with Gasteiger partial charge in [0.1, 0.15) is 11.7 Å². The molecule has 3 spiro atoms. The largest absolute Gasteiger partial charge is 0.458 e. The quantitative estimate of drug-likeness (QED) is 0.356. The second kappa shape index (κ2) is 5.82. The molecule has 0 radical (unpaired) electrons. The molecule has 9 rings (SSSR count). The number of ketones is 2. The minimum Gasteiger partial charge on any atom is -0.458 e. The van der Waals surface area contributed by atoms with Crippen molar-refractivity contribution in [3.63, 3.8) is 0 Å². The van der Waals surface area contributed by atoms with Gasteiger partial charge in [0.15, 0.2) is 28.4 Å². The SMILES string of the molecule is CC12OC(=O)C3(O)CCC4C(C[C@H]5O[C@]56CC=CC(=O)[C@]46C)[C@@]45OC[C@H]6C(=O)O[C@@H]1C[C@@]6(C)C(C4=O)C32O5. The van der Waals surface area contributed by atoms with Crippen molar-refractivity contribution in [1.82, 2.24) is 0 Å². The Bertz CT molecular complexity index is 1340. The third kappa shape index (κ3) is 1.79. The first-order chi connectivity index (χ1) is 17.9. The number of epoxide rings is 1. The number of allylic oxidation sites excluding steroid dienone is 1. The zero-order valence-electron chi connectivity index (χ0n) is 21.5. The van der Waals surface area contributed by atoms with Gasteiger partial charge in [-0.15, -0.1) is 0 Å². The van der Waals surface area contributed by atoms with Gasteiger partial charge in [0.25, 0.3) is 0 Å². The molecule has 0 aromatic carbocycles. The molecule has 6 unspecified atom stereocenters. The van der Waals surface area contributed by atoms with Crippen LogP contribution in [0.15, 0.2) is 12.2 Å². The molecule has 0 amide bonds. The third-order valence-corrected chi connectivity index (χ3v) is 12.9. The molecule has 1 N–H and O–H groups in total. The van der Waals surface area contributed by atoms with Crippen LogP contribution in [0, 0.1) is 34.5 Å². The van der Waals surface area contributed by atoms with Gasteiger partial charge in [-0.3, -0.25) is 14.4 Å². The van der Waals surface area contributed by atoms with E-state index < -0.39 is 80.7 Å². The lowest BCUT2D eigenvalue weighted by atomic mass is 9.46. The molecule has 8 fully saturated rings. The van der Waals surface area contributed by atoms with E-state index in [1.807, 2.05) is 19.9 Å². The van der Waals surface area contributed by atoms with Crippen LogP contribution in [-0.4, -0.2) is 75.6 Å². The summed E-state index contributed by atoms with van der Waals surface area (Å²) in [7, 11) is 0. The van der Waals surface area contributed by atoms with E-state index in [1.165, 1.54) is 0 Å². The van der Waals surface area contributed by atoms with E-state index in [0.717, 1.165) is 0 Å². The van der Waals surface area contributed by atoms with Gasteiger partial charge in [0, 0.05) is 5.92 Å². The highest BCUT2D eigenvalue weighted by atomic mass is 16.8. The van der Waals surface area contributed by atoms with Crippen LogP contribution >= 0.6 is 0 Å². The van der Waals surface area contributed by atoms with Crippen molar-refractivity contribution < 1.29 is 48.0 Å². The molecule has 10 heteroatoms. The van der Waals surface area contributed by atoms with Crippen molar-refractivity contribution in [2.24, 2.45) is 34.5 Å². The van der Waals surface area contributed by atoms with Gasteiger partial charge >= 0.3 is 11.9 Å². The molecule has 6 saturated heterocycles. The van der Waals surface area contributed by atoms with Crippen LogP contribution in [0.25, 0.3) is 0 Å². The zero-order chi connectivity index (χ0) is 26.5. The Balaban J connectivity index is 1.34. The van der Waals surface area contributed by atoms with Gasteiger partial charge in [-0.25, -0.2) is 4.79 Å². The normalized spacial score (nSPS) is 64.1. The van der Waals surface area contributed by atoms with Gasteiger partial charge in [-0.2, -0.15) is 0 Å². The van der Waals surface area contributed by atoms with Crippen LogP contribution < -0.4 is 0 Å². The molecule has 2 saturated carbocycles. The predicted molar refractivity (Wildman–Crippen MR) is 122 cm³/mol. The summed E-state index contributed by atoms with van der Waals surface area (Å²) in [6.07, 6.45) is 3.82. The minimum absolute atomic E-state index is 0.0583. The Labute approximate surface area is 218 Å². The number of hydrogen-bond acceptors (Lipinski definition) is 10. The van der Waals surface area contributed by atoms with Crippen LogP contribution in [0.4, 0.5) is 0 Å². The van der Waals surface area contributed by atoms with Crippen molar-refractivity contribution >= 4 is 23.5 Å². The maximum atomic E-state index is 14.9. The maximum Gasteiger partial charge on any atom is 0.342 e. The molecule has 38 heavy (non-hydrogen) atoms. The lowest BCUT2D eigenvalue weighted by Gasteiger charge is -2.63. The average Bonchev–Trinajstić information content (AvgIpc) is 3.45. The fourth-order valence-corrected chi connectivity index (χ4v) is 10.9. The average molecular weight is 527 g/mol. The van der Waals surface area contributed by atoms with Crippen LogP contribution in [0.2, 0.25) is 0 Å². The fraction of sp³-hybridized carbons (Fsp3) is 0.786. The maximum absolute atomic E-state index is 14.9. The predicted octanol–water partition coefficient (Wildman–Crippen LogP) is 0.768. The van der Waals surface area contributed by atoms with Crippen molar-refractivity contribution in [3.05, 3.63) is 12.2 Å². The number of aliphatic hydroxyl groups is 1. The van der Waals surface area contributed by atoms with Gasteiger partial charge < -0.3 is 28.8 Å². The Morgan fingerprint density at radius 2 is 1.84 bits per heavy atom. The first kappa shape index (κ1) is 22.7. The molecule has 6 heterocycles. The Morgan fingerprint density at radius 1 is 1.05 bits per heavy atom. The Morgan fingerprint density at radius 3 is 2.63 bits per heavy atom. The first-order valence-electron chi connectivity index (χ1n) is 13.8. The molecule has 0 aromatic heterocycles. The summed E-state index contributed by atoms with van der Waals surface area (Å²) in [6.45, 7) is 5.27. The lowest BCUT2D eigenvalue weighted by Crippen LogP contribution is -2.79.